The van der Waals surface area contributed by atoms with Crippen LogP contribution in [0.2, 0.25) is 0 Å². The average molecular weight is 388 g/mol. The molecule has 0 unspecified atom stereocenters. The second kappa shape index (κ2) is 8.08. The van der Waals surface area contributed by atoms with Crippen LogP contribution in [0.3, 0.4) is 0 Å². The van der Waals surface area contributed by atoms with Crippen molar-refractivity contribution in [3.63, 3.8) is 0 Å². The summed E-state index contributed by atoms with van der Waals surface area (Å²) in [6, 6.07) is 2.18. The van der Waals surface area contributed by atoms with Crippen molar-refractivity contribution >= 4 is 16.3 Å². The summed E-state index contributed by atoms with van der Waals surface area (Å²) >= 11 is 0. The van der Waals surface area contributed by atoms with Gasteiger partial charge in [-0.15, -0.1) is 0 Å². The molecule has 2 rings (SSSR count). The van der Waals surface area contributed by atoms with E-state index >= 15 is 0 Å². The molecule has 2 saturated heterocycles. The third kappa shape index (κ3) is 5.30. The van der Waals surface area contributed by atoms with Gasteiger partial charge < -0.3 is 9.47 Å². The smallest absolute Gasteiger partial charge is 0.422 e. The highest BCUT2D eigenvalue weighted by atomic mass is 32.2. The predicted molar refractivity (Wildman–Crippen MR) is 94.4 cm³/mol. The molecule has 9 nitrogen and oxygen atoms in total. The summed E-state index contributed by atoms with van der Waals surface area (Å²) < 4.78 is 38.4. The molecule has 1 N–H and O–H groups in total. The fourth-order valence-electron chi connectivity index (χ4n) is 3.22. The maximum absolute atomic E-state index is 12.4. The third-order valence-corrected chi connectivity index (χ3v) is 5.77. The molecule has 0 radical (unpaired) electrons. The number of nitriles is 1. The Bertz CT molecular complexity index is 639. The molecule has 2 aliphatic heterocycles. The molecule has 0 atom stereocenters. The lowest BCUT2D eigenvalue weighted by Crippen LogP contribution is -2.72. The molecule has 0 aromatic heterocycles. The summed E-state index contributed by atoms with van der Waals surface area (Å²) in [5.74, 6) is 0. The molecule has 26 heavy (non-hydrogen) atoms. The summed E-state index contributed by atoms with van der Waals surface area (Å²) in [5.41, 5.74) is -1.29. The van der Waals surface area contributed by atoms with Crippen molar-refractivity contribution in [3.05, 3.63) is 0 Å². The Morgan fingerprint density at radius 3 is 2.35 bits per heavy atom. The highest BCUT2D eigenvalue weighted by Gasteiger charge is 2.52. The largest absolute Gasteiger partial charge is 0.443 e. The van der Waals surface area contributed by atoms with E-state index in [0.717, 1.165) is 25.9 Å². The SMILES string of the molecule is CC(C)(C)OC(=O)NS(=O)(=O)N1CC(CC#N)(N2CCCOCCC2)C1. The molecule has 0 saturated carbocycles. The van der Waals surface area contributed by atoms with E-state index in [9.17, 15) is 18.5 Å². The van der Waals surface area contributed by atoms with E-state index in [2.05, 4.69) is 11.0 Å². The number of nitrogens with one attached hydrogen (secondary N) is 1. The van der Waals surface area contributed by atoms with Crippen molar-refractivity contribution in [2.75, 3.05) is 39.4 Å². The molecule has 148 valence electrons. The minimum Gasteiger partial charge on any atom is -0.443 e. The van der Waals surface area contributed by atoms with Gasteiger partial charge in [-0.2, -0.15) is 18.0 Å². The fourth-order valence-corrected chi connectivity index (χ4v) is 4.42. The monoisotopic (exact) mass is 388 g/mol. The molecule has 0 bridgehead atoms. The standard InChI is InChI=1S/C16H28N4O5S/c1-15(2,3)25-14(21)18-26(22,23)20-12-16(13-20,6-7-17)19-8-4-10-24-11-5-9-19/h4-6,8-13H2,1-3H3,(H,18,21). The molecular weight excluding hydrogens is 360 g/mol. The van der Waals surface area contributed by atoms with Crippen LogP contribution < -0.4 is 4.72 Å². The second-order valence-electron chi connectivity index (χ2n) is 7.74. The zero-order chi connectivity index (χ0) is 19.4. The van der Waals surface area contributed by atoms with Crippen LogP contribution in [0.15, 0.2) is 0 Å². The maximum atomic E-state index is 12.4. The van der Waals surface area contributed by atoms with Gasteiger partial charge in [0.15, 0.2) is 0 Å². The first kappa shape index (κ1) is 20.9. The Morgan fingerprint density at radius 2 is 1.85 bits per heavy atom. The number of hydrogen-bond acceptors (Lipinski definition) is 7. The van der Waals surface area contributed by atoms with E-state index in [4.69, 9.17) is 9.47 Å². The third-order valence-electron chi connectivity index (χ3n) is 4.40. The van der Waals surface area contributed by atoms with Crippen LogP contribution in [-0.2, 0) is 19.7 Å². The minimum absolute atomic E-state index is 0.180. The Labute approximate surface area is 155 Å². The van der Waals surface area contributed by atoms with Crippen LogP contribution in [0.1, 0.15) is 40.0 Å². The molecule has 0 spiro atoms. The molecule has 0 aliphatic carbocycles. The van der Waals surface area contributed by atoms with Crippen molar-refractivity contribution in [1.82, 2.24) is 13.9 Å². The quantitative estimate of drug-likeness (QED) is 0.759. The first-order chi connectivity index (χ1) is 12.1. The molecule has 10 heteroatoms. The van der Waals surface area contributed by atoms with E-state index in [1.807, 2.05) is 4.72 Å². The Balaban J connectivity index is 2.01. The number of amides is 1. The number of ether oxygens (including phenoxy) is 2. The Hall–Kier alpha value is -1.41. The number of carbonyl (C=O) groups excluding carboxylic acids is 1. The van der Waals surface area contributed by atoms with E-state index in [0.29, 0.717) is 13.2 Å². The highest BCUT2D eigenvalue weighted by molar-refractivity contribution is 7.87. The molecule has 0 aromatic rings. The molecule has 2 heterocycles. The molecule has 0 aromatic carbocycles. The van der Waals surface area contributed by atoms with E-state index in [-0.39, 0.29) is 19.5 Å². The van der Waals surface area contributed by atoms with E-state index in [1.54, 1.807) is 20.8 Å². The Morgan fingerprint density at radius 1 is 1.27 bits per heavy atom. The van der Waals surface area contributed by atoms with Crippen LogP contribution in [0, 0.1) is 11.3 Å². The van der Waals surface area contributed by atoms with Crippen LogP contribution in [0.5, 0.6) is 0 Å². The lowest BCUT2D eigenvalue weighted by molar-refractivity contribution is -0.0304. The van der Waals surface area contributed by atoms with Gasteiger partial charge >= 0.3 is 16.3 Å². The van der Waals surface area contributed by atoms with E-state index in [1.165, 1.54) is 4.31 Å². The van der Waals surface area contributed by atoms with Gasteiger partial charge in [-0.3, -0.25) is 4.90 Å². The van der Waals surface area contributed by atoms with Gasteiger partial charge in [-0.1, -0.05) is 0 Å². The van der Waals surface area contributed by atoms with Crippen LogP contribution in [0.25, 0.3) is 0 Å². The van der Waals surface area contributed by atoms with E-state index < -0.39 is 27.4 Å². The fraction of sp³-hybridized carbons (Fsp3) is 0.875. The van der Waals surface area contributed by atoms with Gasteiger partial charge in [0.2, 0.25) is 0 Å². The van der Waals surface area contributed by atoms with Crippen LogP contribution in [-0.4, -0.2) is 74.2 Å². The normalized spacial score (nSPS) is 22.4. The lowest BCUT2D eigenvalue weighted by atomic mass is 9.86. The highest BCUT2D eigenvalue weighted by Crippen LogP contribution is 2.33. The number of nitrogens with zero attached hydrogens (tertiary/aromatic N) is 3. The zero-order valence-corrected chi connectivity index (χ0v) is 16.5. The lowest BCUT2D eigenvalue weighted by Gasteiger charge is -2.54. The van der Waals surface area contributed by atoms with Crippen LogP contribution in [0.4, 0.5) is 4.79 Å². The average Bonchev–Trinajstić information content (AvgIpc) is 2.39. The molecule has 1 amide bonds. The van der Waals surface area contributed by atoms with Gasteiger partial charge in [-0.25, -0.2) is 9.52 Å². The van der Waals surface area contributed by atoms with Gasteiger partial charge in [0.1, 0.15) is 5.60 Å². The maximum Gasteiger partial charge on any atom is 0.422 e. The van der Waals surface area contributed by atoms with Crippen molar-refractivity contribution in [1.29, 1.82) is 5.26 Å². The first-order valence-electron chi connectivity index (χ1n) is 8.79. The minimum atomic E-state index is -3.99. The summed E-state index contributed by atoms with van der Waals surface area (Å²) in [6.07, 6.45) is 0.928. The molecule has 2 aliphatic rings. The van der Waals surface area contributed by atoms with Crippen molar-refractivity contribution in [2.24, 2.45) is 0 Å². The number of hydrogen-bond donors (Lipinski definition) is 1. The van der Waals surface area contributed by atoms with Crippen molar-refractivity contribution in [3.8, 4) is 6.07 Å². The van der Waals surface area contributed by atoms with Crippen molar-refractivity contribution in [2.45, 2.75) is 51.2 Å². The van der Waals surface area contributed by atoms with Gasteiger partial charge in [0.25, 0.3) is 0 Å². The topological polar surface area (TPSA) is 112 Å². The van der Waals surface area contributed by atoms with Gasteiger partial charge in [-0.05, 0) is 33.6 Å². The van der Waals surface area contributed by atoms with Gasteiger partial charge in [0, 0.05) is 39.4 Å². The van der Waals surface area contributed by atoms with Crippen LogP contribution >= 0.6 is 0 Å². The zero-order valence-electron chi connectivity index (χ0n) is 15.7. The molecular formula is C16H28N4O5S. The Kier molecular flexibility index (Phi) is 6.50. The summed E-state index contributed by atoms with van der Waals surface area (Å²) in [6.45, 7) is 8.19. The molecule has 2 fully saturated rings. The summed E-state index contributed by atoms with van der Waals surface area (Å²) in [5, 5.41) is 9.23. The number of carbonyl (C=O) groups is 1. The second-order valence-corrected chi connectivity index (χ2v) is 9.41. The number of rotatable bonds is 4. The first-order valence-corrected chi connectivity index (χ1v) is 10.2. The summed E-state index contributed by atoms with van der Waals surface area (Å²) in [4.78, 5) is 14.0. The van der Waals surface area contributed by atoms with Gasteiger partial charge in [0.05, 0.1) is 18.0 Å². The summed E-state index contributed by atoms with van der Waals surface area (Å²) in [7, 11) is -3.99. The predicted octanol–water partition coefficient (Wildman–Crippen LogP) is 0.836. The van der Waals surface area contributed by atoms with Crippen molar-refractivity contribution < 1.29 is 22.7 Å².